The van der Waals surface area contributed by atoms with Crippen molar-refractivity contribution in [3.63, 3.8) is 0 Å². The Kier molecular flexibility index (Phi) is 4.65. The van der Waals surface area contributed by atoms with Crippen molar-refractivity contribution in [2.75, 3.05) is 7.11 Å². The van der Waals surface area contributed by atoms with Crippen molar-refractivity contribution < 1.29 is 29.3 Å². The van der Waals surface area contributed by atoms with Gasteiger partial charge in [0.1, 0.15) is 6.10 Å². The summed E-state index contributed by atoms with van der Waals surface area (Å²) >= 11 is 0. The maximum Gasteiger partial charge on any atom is 0.333 e. The average Bonchev–Trinajstić information content (AvgIpc) is 2.32. The van der Waals surface area contributed by atoms with E-state index in [1.54, 1.807) is 6.92 Å². The Morgan fingerprint density at radius 3 is 2.59 bits per heavy atom. The van der Waals surface area contributed by atoms with Crippen LogP contribution in [0.2, 0.25) is 0 Å². The van der Waals surface area contributed by atoms with Crippen LogP contribution in [0.3, 0.4) is 0 Å². The SMILES string of the molecule is CCC(=O)O[C@@H]1[C@H](O)C=C(C(=O)OC)C[C@H]1O. The molecule has 2 N–H and O–H groups in total. The maximum atomic E-state index is 11.2. The number of aliphatic hydroxyl groups excluding tert-OH is 2. The first-order valence-corrected chi connectivity index (χ1v) is 5.34. The highest BCUT2D eigenvalue weighted by Gasteiger charge is 2.35. The second-order valence-corrected chi connectivity index (χ2v) is 3.75. The molecule has 0 aromatic carbocycles. The van der Waals surface area contributed by atoms with Gasteiger partial charge in [0, 0.05) is 18.4 Å². The summed E-state index contributed by atoms with van der Waals surface area (Å²) < 4.78 is 9.38. The number of aliphatic hydroxyl groups is 2. The summed E-state index contributed by atoms with van der Waals surface area (Å²) in [6.45, 7) is 1.61. The Labute approximate surface area is 98.8 Å². The van der Waals surface area contributed by atoms with Crippen molar-refractivity contribution in [2.45, 2.75) is 38.1 Å². The zero-order chi connectivity index (χ0) is 13.0. The second-order valence-electron chi connectivity index (χ2n) is 3.75. The van der Waals surface area contributed by atoms with Gasteiger partial charge in [0.15, 0.2) is 6.10 Å². The summed E-state index contributed by atoms with van der Waals surface area (Å²) in [6.07, 6.45) is -1.96. The zero-order valence-corrected chi connectivity index (χ0v) is 9.75. The molecule has 0 saturated heterocycles. The standard InChI is InChI=1S/C11H16O6/c1-3-9(14)17-10-7(12)4-6(5-8(10)13)11(15)16-2/h4,7-8,10,12-13H,3,5H2,1-2H3/t7-,8-,10-/m1/s1. The fourth-order valence-electron chi connectivity index (χ4n) is 1.60. The molecule has 6 heteroatoms. The fourth-order valence-corrected chi connectivity index (χ4v) is 1.60. The van der Waals surface area contributed by atoms with Gasteiger partial charge in [-0.25, -0.2) is 4.79 Å². The minimum atomic E-state index is -1.21. The minimum absolute atomic E-state index is 0.00854. The fraction of sp³-hybridized carbons (Fsp3) is 0.636. The highest BCUT2D eigenvalue weighted by Crippen LogP contribution is 2.23. The zero-order valence-electron chi connectivity index (χ0n) is 9.75. The molecule has 0 aromatic heterocycles. The predicted octanol–water partition coefficient (Wildman–Crippen LogP) is -0.467. The van der Waals surface area contributed by atoms with Crippen LogP contribution >= 0.6 is 0 Å². The molecule has 1 aliphatic rings. The van der Waals surface area contributed by atoms with Crippen LogP contribution in [-0.2, 0) is 19.1 Å². The number of methoxy groups -OCH3 is 1. The lowest BCUT2D eigenvalue weighted by Crippen LogP contribution is -2.44. The summed E-state index contributed by atoms with van der Waals surface area (Å²) in [5.41, 5.74) is 0.177. The molecule has 96 valence electrons. The van der Waals surface area contributed by atoms with E-state index in [1.807, 2.05) is 0 Å². The van der Waals surface area contributed by atoms with Gasteiger partial charge >= 0.3 is 11.9 Å². The molecule has 0 radical (unpaired) electrons. The molecule has 0 aliphatic heterocycles. The molecule has 1 aliphatic carbocycles. The lowest BCUT2D eigenvalue weighted by atomic mass is 9.92. The van der Waals surface area contributed by atoms with Gasteiger partial charge in [0.2, 0.25) is 0 Å². The number of rotatable bonds is 3. The van der Waals surface area contributed by atoms with E-state index in [0.29, 0.717) is 0 Å². The smallest absolute Gasteiger partial charge is 0.333 e. The van der Waals surface area contributed by atoms with E-state index in [2.05, 4.69) is 4.74 Å². The highest BCUT2D eigenvalue weighted by molar-refractivity contribution is 5.88. The Bertz CT molecular complexity index is 335. The van der Waals surface area contributed by atoms with Crippen molar-refractivity contribution in [3.05, 3.63) is 11.6 Å². The van der Waals surface area contributed by atoms with E-state index >= 15 is 0 Å². The van der Waals surface area contributed by atoms with Gasteiger partial charge in [-0.3, -0.25) is 4.79 Å². The van der Waals surface area contributed by atoms with E-state index in [4.69, 9.17) is 4.74 Å². The van der Waals surface area contributed by atoms with Crippen LogP contribution in [0.1, 0.15) is 19.8 Å². The quantitative estimate of drug-likeness (QED) is 0.652. The van der Waals surface area contributed by atoms with Gasteiger partial charge < -0.3 is 19.7 Å². The van der Waals surface area contributed by atoms with Gasteiger partial charge in [0.25, 0.3) is 0 Å². The van der Waals surface area contributed by atoms with Gasteiger partial charge in [-0.05, 0) is 6.08 Å². The molecular weight excluding hydrogens is 228 g/mol. The molecule has 3 atom stereocenters. The summed E-state index contributed by atoms with van der Waals surface area (Å²) in [5, 5.41) is 19.4. The van der Waals surface area contributed by atoms with Gasteiger partial charge in [-0.15, -0.1) is 0 Å². The van der Waals surface area contributed by atoms with E-state index in [1.165, 1.54) is 13.2 Å². The van der Waals surface area contributed by atoms with Crippen LogP contribution in [0.25, 0.3) is 0 Å². The Morgan fingerprint density at radius 2 is 2.12 bits per heavy atom. The van der Waals surface area contributed by atoms with E-state index in [0.717, 1.165) is 0 Å². The third kappa shape index (κ3) is 3.28. The van der Waals surface area contributed by atoms with Crippen molar-refractivity contribution in [3.8, 4) is 0 Å². The number of hydrogen-bond donors (Lipinski definition) is 2. The maximum absolute atomic E-state index is 11.2. The van der Waals surface area contributed by atoms with Gasteiger partial charge in [-0.2, -0.15) is 0 Å². The van der Waals surface area contributed by atoms with E-state index in [9.17, 15) is 19.8 Å². The normalized spacial score (nSPS) is 28.2. The van der Waals surface area contributed by atoms with Gasteiger partial charge in [-0.1, -0.05) is 6.92 Å². The number of carbonyl (C=O) groups excluding carboxylic acids is 2. The molecule has 0 amide bonds. The van der Waals surface area contributed by atoms with Crippen LogP contribution in [0.5, 0.6) is 0 Å². The number of ether oxygens (including phenoxy) is 2. The molecule has 0 fully saturated rings. The Hall–Kier alpha value is -1.40. The third-order valence-corrected chi connectivity index (χ3v) is 2.52. The van der Waals surface area contributed by atoms with Crippen LogP contribution < -0.4 is 0 Å². The van der Waals surface area contributed by atoms with Crippen LogP contribution in [0.15, 0.2) is 11.6 Å². The van der Waals surface area contributed by atoms with Crippen molar-refractivity contribution >= 4 is 11.9 Å². The van der Waals surface area contributed by atoms with Crippen molar-refractivity contribution in [1.29, 1.82) is 0 Å². The topological polar surface area (TPSA) is 93.1 Å². The monoisotopic (exact) mass is 244 g/mol. The minimum Gasteiger partial charge on any atom is -0.466 e. The number of esters is 2. The van der Waals surface area contributed by atoms with Crippen LogP contribution in [0, 0.1) is 0 Å². The number of carbonyl (C=O) groups is 2. The Morgan fingerprint density at radius 1 is 1.47 bits per heavy atom. The number of hydrogen-bond acceptors (Lipinski definition) is 6. The van der Waals surface area contributed by atoms with Crippen molar-refractivity contribution in [1.82, 2.24) is 0 Å². The summed E-state index contributed by atoms with van der Waals surface area (Å²) in [7, 11) is 1.21. The molecule has 1 rings (SSSR count). The molecule has 0 bridgehead atoms. The first-order valence-electron chi connectivity index (χ1n) is 5.34. The highest BCUT2D eigenvalue weighted by atomic mass is 16.6. The van der Waals surface area contributed by atoms with Crippen LogP contribution in [0.4, 0.5) is 0 Å². The molecule has 0 spiro atoms. The predicted molar refractivity (Wildman–Crippen MR) is 56.9 cm³/mol. The largest absolute Gasteiger partial charge is 0.466 e. The Balaban J connectivity index is 2.76. The first kappa shape index (κ1) is 13.7. The van der Waals surface area contributed by atoms with Crippen molar-refractivity contribution in [2.24, 2.45) is 0 Å². The average molecular weight is 244 g/mol. The molecule has 17 heavy (non-hydrogen) atoms. The van der Waals surface area contributed by atoms with Crippen LogP contribution in [-0.4, -0.2) is 47.6 Å². The molecule has 0 saturated carbocycles. The molecule has 0 heterocycles. The first-order chi connectivity index (χ1) is 7.99. The lowest BCUT2D eigenvalue weighted by molar-refractivity contribution is -0.162. The molecular formula is C11H16O6. The second kappa shape index (κ2) is 5.79. The summed E-state index contributed by atoms with van der Waals surface area (Å²) in [6, 6.07) is 0. The molecule has 0 unspecified atom stereocenters. The van der Waals surface area contributed by atoms with Gasteiger partial charge in [0.05, 0.1) is 13.2 Å². The molecule has 6 nitrogen and oxygen atoms in total. The van der Waals surface area contributed by atoms with E-state index < -0.39 is 30.3 Å². The summed E-state index contributed by atoms with van der Waals surface area (Å²) in [5.74, 6) is -1.12. The third-order valence-electron chi connectivity index (χ3n) is 2.52. The molecule has 0 aromatic rings. The lowest BCUT2D eigenvalue weighted by Gasteiger charge is -2.30. The summed E-state index contributed by atoms with van der Waals surface area (Å²) in [4.78, 5) is 22.3. The van der Waals surface area contributed by atoms with E-state index in [-0.39, 0.29) is 18.4 Å².